The summed E-state index contributed by atoms with van der Waals surface area (Å²) in [6.07, 6.45) is 1.19. The van der Waals surface area contributed by atoms with Gasteiger partial charge in [-0.05, 0) is 18.7 Å². The number of thioether (sulfide) groups is 1. The lowest BCUT2D eigenvalue weighted by Crippen LogP contribution is -2.18. The van der Waals surface area contributed by atoms with Gasteiger partial charge in [-0.15, -0.1) is 0 Å². The number of allylic oxidation sites excluding steroid dienone is 1. The molecule has 1 aromatic rings. The predicted molar refractivity (Wildman–Crippen MR) is 64.7 cm³/mol. The number of amides is 2. The van der Waals surface area contributed by atoms with Gasteiger partial charge in [0.1, 0.15) is 0 Å². The smallest absolute Gasteiger partial charge is 0.289 e. The summed E-state index contributed by atoms with van der Waals surface area (Å²) >= 11 is 0.741. The van der Waals surface area contributed by atoms with Crippen LogP contribution in [0.5, 0.6) is 0 Å². The van der Waals surface area contributed by atoms with E-state index in [-0.39, 0.29) is 10.7 Å². The van der Waals surface area contributed by atoms with Gasteiger partial charge in [0.25, 0.3) is 11.1 Å². The molecule has 1 heterocycles. The Bertz CT molecular complexity index is 531. The van der Waals surface area contributed by atoms with Crippen molar-refractivity contribution in [3.05, 3.63) is 46.4 Å². The molecule has 0 atom stereocenters. The Morgan fingerprint density at radius 2 is 1.88 bits per heavy atom. The number of aryl methyl sites for hydroxylation is 1. The summed E-state index contributed by atoms with van der Waals surface area (Å²) in [5.74, 6) is -0.794. The average Bonchev–Trinajstić information content (AvgIpc) is 2.58. The van der Waals surface area contributed by atoms with Crippen LogP contribution in [0.25, 0.3) is 0 Å². The van der Waals surface area contributed by atoms with E-state index in [2.05, 4.69) is 5.32 Å². The number of carbonyl (C=O) groups is 3. The van der Waals surface area contributed by atoms with Crippen LogP contribution in [0.4, 0.5) is 4.79 Å². The molecule has 86 valence electrons. The zero-order valence-electron chi connectivity index (χ0n) is 9.02. The number of hydrogen-bond acceptors (Lipinski definition) is 4. The Balaban J connectivity index is 2.22. The number of imide groups is 1. The van der Waals surface area contributed by atoms with Crippen molar-refractivity contribution < 1.29 is 14.4 Å². The molecule has 2 amide bonds. The zero-order valence-corrected chi connectivity index (χ0v) is 9.84. The van der Waals surface area contributed by atoms with Gasteiger partial charge in [0, 0.05) is 11.6 Å². The normalized spacial score (nSPS) is 17.4. The van der Waals surface area contributed by atoms with Crippen molar-refractivity contribution in [3.63, 3.8) is 0 Å². The standard InChI is InChI=1S/C12H9NO3S/c1-7-2-4-8(5-3-7)9(14)6-10-11(15)13-12(16)17-10/h2-6H,1H3,(H,13,15,16)/b10-6+. The van der Waals surface area contributed by atoms with Crippen LogP contribution in [-0.2, 0) is 4.79 Å². The van der Waals surface area contributed by atoms with Gasteiger partial charge in [-0.25, -0.2) is 0 Å². The van der Waals surface area contributed by atoms with Crippen LogP contribution >= 0.6 is 11.8 Å². The van der Waals surface area contributed by atoms with E-state index in [4.69, 9.17) is 0 Å². The molecule has 0 aromatic heterocycles. The highest BCUT2D eigenvalue weighted by Gasteiger charge is 2.25. The summed E-state index contributed by atoms with van der Waals surface area (Å²) in [4.78, 5) is 34.1. The van der Waals surface area contributed by atoms with Crippen molar-refractivity contribution in [3.8, 4) is 0 Å². The maximum atomic E-state index is 11.8. The second-order valence-electron chi connectivity index (χ2n) is 3.58. The SMILES string of the molecule is Cc1ccc(C(=O)/C=C2/SC(=O)NC2=O)cc1. The molecule has 0 aliphatic carbocycles. The molecule has 0 radical (unpaired) electrons. The van der Waals surface area contributed by atoms with Crippen LogP contribution in [-0.4, -0.2) is 16.9 Å². The lowest BCUT2D eigenvalue weighted by molar-refractivity contribution is -0.115. The lowest BCUT2D eigenvalue weighted by Gasteiger charge is -1.97. The van der Waals surface area contributed by atoms with Crippen LogP contribution in [0.15, 0.2) is 35.2 Å². The average molecular weight is 247 g/mol. The van der Waals surface area contributed by atoms with E-state index in [0.29, 0.717) is 5.56 Å². The highest BCUT2D eigenvalue weighted by molar-refractivity contribution is 8.18. The van der Waals surface area contributed by atoms with Crippen molar-refractivity contribution >= 4 is 28.7 Å². The Hall–Kier alpha value is -1.88. The van der Waals surface area contributed by atoms with Crippen LogP contribution in [0.3, 0.4) is 0 Å². The molecule has 17 heavy (non-hydrogen) atoms. The fraction of sp³-hybridized carbons (Fsp3) is 0.0833. The van der Waals surface area contributed by atoms with Crippen molar-refractivity contribution in [1.82, 2.24) is 5.32 Å². The van der Waals surface area contributed by atoms with Crippen molar-refractivity contribution in [2.24, 2.45) is 0 Å². The molecule has 1 aromatic carbocycles. The highest BCUT2D eigenvalue weighted by atomic mass is 32.2. The Morgan fingerprint density at radius 3 is 2.41 bits per heavy atom. The summed E-state index contributed by atoms with van der Waals surface area (Å²) in [6, 6.07) is 7.01. The highest BCUT2D eigenvalue weighted by Crippen LogP contribution is 2.23. The number of ketones is 1. The fourth-order valence-corrected chi connectivity index (χ4v) is 1.99. The molecule has 1 N–H and O–H groups in total. The topological polar surface area (TPSA) is 63.2 Å². The fourth-order valence-electron chi connectivity index (χ4n) is 1.34. The maximum Gasteiger partial charge on any atom is 0.290 e. The lowest BCUT2D eigenvalue weighted by atomic mass is 10.1. The molecule has 2 rings (SSSR count). The summed E-state index contributed by atoms with van der Waals surface area (Å²) < 4.78 is 0. The van der Waals surface area contributed by atoms with E-state index in [1.807, 2.05) is 19.1 Å². The van der Waals surface area contributed by atoms with E-state index >= 15 is 0 Å². The van der Waals surface area contributed by atoms with Gasteiger partial charge in [0.2, 0.25) is 0 Å². The summed E-state index contributed by atoms with van der Waals surface area (Å²) in [5, 5.41) is 1.65. The van der Waals surface area contributed by atoms with E-state index in [1.54, 1.807) is 12.1 Å². The quantitative estimate of drug-likeness (QED) is 0.641. The second-order valence-corrected chi connectivity index (χ2v) is 4.60. The first-order valence-electron chi connectivity index (χ1n) is 4.92. The van der Waals surface area contributed by atoms with Crippen molar-refractivity contribution in [1.29, 1.82) is 0 Å². The number of hydrogen-bond donors (Lipinski definition) is 1. The van der Waals surface area contributed by atoms with Crippen LogP contribution in [0.1, 0.15) is 15.9 Å². The summed E-state index contributed by atoms with van der Waals surface area (Å²) in [6.45, 7) is 1.92. The van der Waals surface area contributed by atoms with E-state index in [0.717, 1.165) is 17.3 Å². The molecular formula is C12H9NO3S. The predicted octanol–water partition coefficient (Wildman–Crippen LogP) is 2.04. The third-order valence-corrected chi connectivity index (χ3v) is 3.05. The van der Waals surface area contributed by atoms with Gasteiger partial charge in [0.15, 0.2) is 5.78 Å². The first-order valence-corrected chi connectivity index (χ1v) is 5.74. The van der Waals surface area contributed by atoms with Gasteiger partial charge in [-0.3, -0.25) is 19.7 Å². The molecule has 0 saturated carbocycles. The minimum absolute atomic E-state index is 0.139. The second kappa shape index (κ2) is 4.55. The number of benzene rings is 1. The maximum absolute atomic E-state index is 11.8. The number of nitrogens with one attached hydrogen (secondary N) is 1. The zero-order chi connectivity index (χ0) is 12.4. The molecular weight excluding hydrogens is 238 g/mol. The minimum Gasteiger partial charge on any atom is -0.289 e. The van der Waals surface area contributed by atoms with Gasteiger partial charge in [-0.1, -0.05) is 29.8 Å². The largest absolute Gasteiger partial charge is 0.290 e. The first-order chi connectivity index (χ1) is 8.06. The van der Waals surface area contributed by atoms with Gasteiger partial charge in [0.05, 0.1) is 4.91 Å². The van der Waals surface area contributed by atoms with Crippen LogP contribution in [0.2, 0.25) is 0 Å². The van der Waals surface area contributed by atoms with Gasteiger partial charge < -0.3 is 0 Å². The molecule has 1 aliphatic heterocycles. The third-order valence-electron chi connectivity index (χ3n) is 2.24. The molecule has 4 nitrogen and oxygen atoms in total. The first kappa shape index (κ1) is 11.6. The molecule has 0 spiro atoms. The molecule has 0 unspecified atom stereocenters. The van der Waals surface area contributed by atoms with Crippen molar-refractivity contribution in [2.45, 2.75) is 6.92 Å². The summed E-state index contributed by atoms with van der Waals surface area (Å²) in [7, 11) is 0. The molecule has 1 aliphatic rings. The molecule has 5 heteroatoms. The van der Waals surface area contributed by atoms with Crippen LogP contribution < -0.4 is 5.32 Å². The van der Waals surface area contributed by atoms with Crippen molar-refractivity contribution in [2.75, 3.05) is 0 Å². The van der Waals surface area contributed by atoms with Gasteiger partial charge in [-0.2, -0.15) is 0 Å². The number of carbonyl (C=O) groups excluding carboxylic acids is 3. The Kier molecular flexibility index (Phi) is 3.10. The minimum atomic E-state index is -0.513. The molecule has 1 fully saturated rings. The third kappa shape index (κ3) is 2.62. The summed E-state index contributed by atoms with van der Waals surface area (Å²) in [5.41, 5.74) is 1.55. The Morgan fingerprint density at radius 1 is 1.24 bits per heavy atom. The van der Waals surface area contributed by atoms with E-state index in [1.165, 1.54) is 6.08 Å². The molecule has 0 bridgehead atoms. The number of rotatable bonds is 2. The molecule has 1 saturated heterocycles. The monoisotopic (exact) mass is 247 g/mol. The van der Waals surface area contributed by atoms with Gasteiger partial charge >= 0.3 is 0 Å². The Labute approximate surface area is 102 Å². The van der Waals surface area contributed by atoms with Crippen LogP contribution in [0, 0.1) is 6.92 Å². The van der Waals surface area contributed by atoms with E-state index < -0.39 is 11.1 Å². The van der Waals surface area contributed by atoms with E-state index in [9.17, 15) is 14.4 Å².